The Hall–Kier alpha value is -0.870. The van der Waals surface area contributed by atoms with Crippen molar-refractivity contribution in [3.63, 3.8) is 0 Å². The molecule has 0 bridgehead atoms. The van der Waals surface area contributed by atoms with Gasteiger partial charge in [-0.3, -0.25) is 4.68 Å². The Labute approximate surface area is 110 Å². The molecule has 0 amide bonds. The third-order valence-corrected chi connectivity index (χ3v) is 3.32. The fourth-order valence-electron chi connectivity index (χ4n) is 2.17. The predicted octanol–water partition coefficient (Wildman–Crippen LogP) is 2.47. The van der Waals surface area contributed by atoms with Crippen molar-refractivity contribution in [2.45, 2.75) is 51.6 Å². The summed E-state index contributed by atoms with van der Waals surface area (Å²) >= 11 is 0. The largest absolute Gasteiger partial charge is 0.385 e. The molecule has 1 saturated carbocycles. The minimum atomic E-state index is 0.438. The summed E-state index contributed by atoms with van der Waals surface area (Å²) in [6.07, 6.45) is 3.69. The molecule has 1 heterocycles. The number of nitrogens with zero attached hydrogens (tertiary/aromatic N) is 2. The number of aromatic nitrogens is 2. The molecule has 0 aromatic carbocycles. The Morgan fingerprint density at radius 3 is 2.89 bits per heavy atom. The normalized spacial score (nSPS) is 15.6. The molecule has 0 unspecified atom stereocenters. The van der Waals surface area contributed by atoms with Gasteiger partial charge in [-0.05, 0) is 45.7 Å². The first-order valence-corrected chi connectivity index (χ1v) is 7.00. The maximum absolute atomic E-state index is 5.04. The highest BCUT2D eigenvalue weighted by atomic mass is 16.5. The molecule has 1 aliphatic rings. The number of hydrogen-bond acceptors (Lipinski definition) is 3. The van der Waals surface area contributed by atoms with Crippen LogP contribution in [0.2, 0.25) is 0 Å². The second-order valence-corrected chi connectivity index (χ2v) is 5.40. The van der Waals surface area contributed by atoms with E-state index in [0.717, 1.165) is 32.0 Å². The van der Waals surface area contributed by atoms with Crippen molar-refractivity contribution in [3.05, 3.63) is 17.5 Å². The van der Waals surface area contributed by atoms with Gasteiger partial charge in [0.2, 0.25) is 0 Å². The molecular formula is C14H25N3O. The highest BCUT2D eigenvalue weighted by Gasteiger charge is 2.27. The first kappa shape index (κ1) is 13.6. The molecule has 0 radical (unpaired) electrons. The van der Waals surface area contributed by atoms with Crippen molar-refractivity contribution >= 4 is 0 Å². The van der Waals surface area contributed by atoms with Crippen LogP contribution in [0.5, 0.6) is 0 Å². The van der Waals surface area contributed by atoms with Crippen molar-refractivity contribution in [1.82, 2.24) is 15.1 Å². The number of methoxy groups -OCH3 is 1. The van der Waals surface area contributed by atoms with Crippen LogP contribution in [0.1, 0.15) is 56.5 Å². The zero-order valence-corrected chi connectivity index (χ0v) is 11.8. The topological polar surface area (TPSA) is 39.1 Å². The van der Waals surface area contributed by atoms with E-state index in [1.54, 1.807) is 7.11 Å². The van der Waals surface area contributed by atoms with E-state index >= 15 is 0 Å². The van der Waals surface area contributed by atoms with Gasteiger partial charge >= 0.3 is 0 Å². The van der Waals surface area contributed by atoms with E-state index in [0.29, 0.717) is 6.04 Å². The second kappa shape index (κ2) is 6.34. The first-order valence-electron chi connectivity index (χ1n) is 7.00. The summed E-state index contributed by atoms with van der Waals surface area (Å²) in [4.78, 5) is 0. The lowest BCUT2D eigenvalue weighted by atomic mass is 10.2. The van der Waals surface area contributed by atoms with Crippen molar-refractivity contribution in [2.24, 2.45) is 0 Å². The molecule has 1 fully saturated rings. The average molecular weight is 251 g/mol. The second-order valence-electron chi connectivity index (χ2n) is 5.40. The summed E-state index contributed by atoms with van der Waals surface area (Å²) in [5.74, 6) is 0.734. The molecule has 1 aromatic heterocycles. The van der Waals surface area contributed by atoms with Gasteiger partial charge in [-0.15, -0.1) is 0 Å². The molecule has 18 heavy (non-hydrogen) atoms. The van der Waals surface area contributed by atoms with Gasteiger partial charge in [-0.2, -0.15) is 5.10 Å². The first-order chi connectivity index (χ1) is 8.72. The van der Waals surface area contributed by atoms with Crippen molar-refractivity contribution in [2.75, 3.05) is 20.3 Å². The maximum Gasteiger partial charge on any atom is 0.0659 e. The van der Waals surface area contributed by atoms with Crippen LogP contribution < -0.4 is 5.32 Å². The minimum absolute atomic E-state index is 0.438. The van der Waals surface area contributed by atoms with Gasteiger partial charge in [0, 0.05) is 32.2 Å². The minimum Gasteiger partial charge on any atom is -0.385 e. The Morgan fingerprint density at radius 1 is 1.50 bits per heavy atom. The molecule has 0 atom stereocenters. The predicted molar refractivity (Wildman–Crippen MR) is 72.8 cm³/mol. The number of rotatable bonds is 8. The fourth-order valence-corrected chi connectivity index (χ4v) is 2.17. The Balaban J connectivity index is 1.89. The van der Waals surface area contributed by atoms with E-state index in [2.05, 4.69) is 29.9 Å². The van der Waals surface area contributed by atoms with Crippen LogP contribution in [0.4, 0.5) is 0 Å². The molecule has 1 N–H and O–H groups in total. The van der Waals surface area contributed by atoms with Crippen molar-refractivity contribution in [3.8, 4) is 0 Å². The lowest BCUT2D eigenvalue weighted by Crippen LogP contribution is -2.19. The smallest absolute Gasteiger partial charge is 0.0659 e. The average Bonchev–Trinajstić information content (AvgIpc) is 3.10. The number of nitrogens with one attached hydrogen (secondary N) is 1. The van der Waals surface area contributed by atoms with Crippen LogP contribution in [0.15, 0.2) is 6.07 Å². The fraction of sp³-hybridized carbons (Fsp3) is 0.786. The SMILES string of the molecule is COCCCNCc1cc(C2CC2)nn1C(C)C. The van der Waals surface area contributed by atoms with Crippen molar-refractivity contribution < 1.29 is 4.74 Å². The van der Waals surface area contributed by atoms with E-state index in [1.165, 1.54) is 24.2 Å². The summed E-state index contributed by atoms with van der Waals surface area (Å²) in [5.41, 5.74) is 2.60. The third-order valence-electron chi connectivity index (χ3n) is 3.32. The number of ether oxygens (including phenoxy) is 1. The summed E-state index contributed by atoms with van der Waals surface area (Å²) in [7, 11) is 1.75. The Morgan fingerprint density at radius 2 is 2.28 bits per heavy atom. The summed E-state index contributed by atoms with van der Waals surface area (Å²) in [5, 5.41) is 8.20. The monoisotopic (exact) mass is 251 g/mol. The highest BCUT2D eigenvalue weighted by Crippen LogP contribution is 2.39. The standard InChI is InChI=1S/C14H25N3O/c1-11(2)17-13(10-15-7-4-8-18-3)9-14(16-17)12-5-6-12/h9,11-12,15H,4-8,10H2,1-3H3. The molecule has 1 aromatic rings. The summed E-state index contributed by atoms with van der Waals surface area (Å²) < 4.78 is 7.21. The van der Waals surface area contributed by atoms with Crippen LogP contribution in [-0.2, 0) is 11.3 Å². The van der Waals surface area contributed by atoms with E-state index in [1.807, 2.05) is 0 Å². The van der Waals surface area contributed by atoms with E-state index < -0.39 is 0 Å². The van der Waals surface area contributed by atoms with Gasteiger partial charge in [0.15, 0.2) is 0 Å². The lowest BCUT2D eigenvalue weighted by molar-refractivity contribution is 0.194. The quantitative estimate of drug-likeness (QED) is 0.721. The molecule has 1 aliphatic carbocycles. The molecule has 2 rings (SSSR count). The molecule has 4 heteroatoms. The van der Waals surface area contributed by atoms with Gasteiger partial charge in [0.05, 0.1) is 11.4 Å². The molecule has 0 aliphatic heterocycles. The van der Waals surface area contributed by atoms with Gasteiger partial charge in [0.25, 0.3) is 0 Å². The van der Waals surface area contributed by atoms with Gasteiger partial charge in [-0.1, -0.05) is 0 Å². The Kier molecular flexibility index (Phi) is 4.78. The zero-order chi connectivity index (χ0) is 13.0. The highest BCUT2D eigenvalue weighted by molar-refractivity contribution is 5.19. The zero-order valence-electron chi connectivity index (χ0n) is 11.8. The molecule has 4 nitrogen and oxygen atoms in total. The van der Waals surface area contributed by atoms with Crippen LogP contribution in [-0.4, -0.2) is 30.0 Å². The lowest BCUT2D eigenvalue weighted by Gasteiger charge is -2.11. The Bertz CT molecular complexity index is 369. The summed E-state index contributed by atoms with van der Waals surface area (Å²) in [6, 6.07) is 2.72. The van der Waals surface area contributed by atoms with E-state index in [9.17, 15) is 0 Å². The van der Waals surface area contributed by atoms with E-state index in [-0.39, 0.29) is 0 Å². The van der Waals surface area contributed by atoms with Gasteiger partial charge < -0.3 is 10.1 Å². The van der Waals surface area contributed by atoms with E-state index in [4.69, 9.17) is 9.84 Å². The van der Waals surface area contributed by atoms with Crippen molar-refractivity contribution in [1.29, 1.82) is 0 Å². The van der Waals surface area contributed by atoms with Crippen LogP contribution in [0.25, 0.3) is 0 Å². The molecular weight excluding hydrogens is 226 g/mol. The van der Waals surface area contributed by atoms with Crippen LogP contribution in [0, 0.1) is 0 Å². The maximum atomic E-state index is 5.04. The summed E-state index contributed by atoms with van der Waals surface area (Å²) in [6.45, 7) is 7.11. The van der Waals surface area contributed by atoms with Gasteiger partial charge in [-0.25, -0.2) is 0 Å². The molecule has 0 saturated heterocycles. The van der Waals surface area contributed by atoms with Crippen LogP contribution >= 0.6 is 0 Å². The third kappa shape index (κ3) is 3.56. The van der Waals surface area contributed by atoms with Crippen LogP contribution in [0.3, 0.4) is 0 Å². The molecule has 102 valence electrons. The molecule has 0 spiro atoms. The van der Waals surface area contributed by atoms with Gasteiger partial charge in [0.1, 0.15) is 0 Å². The number of hydrogen-bond donors (Lipinski definition) is 1.